The van der Waals surface area contributed by atoms with Crippen molar-refractivity contribution in [2.24, 2.45) is 0 Å². The van der Waals surface area contributed by atoms with Gasteiger partial charge in [0.05, 0.1) is 17.3 Å². The lowest BCUT2D eigenvalue weighted by Gasteiger charge is -2.32. The maximum absolute atomic E-state index is 12.6. The number of nitrogen functional groups attached to an aromatic ring is 1. The van der Waals surface area contributed by atoms with Crippen LogP contribution in [-0.2, 0) is 10.0 Å². The third-order valence-electron chi connectivity index (χ3n) is 3.03. The van der Waals surface area contributed by atoms with Crippen molar-refractivity contribution in [3.63, 3.8) is 0 Å². The fraction of sp³-hybridized carbons (Fsp3) is 0.417. The first-order valence-electron chi connectivity index (χ1n) is 5.86. The fourth-order valence-electron chi connectivity index (χ4n) is 2.05. The van der Waals surface area contributed by atoms with E-state index in [0.29, 0.717) is 12.1 Å². The molecule has 19 heavy (non-hydrogen) atoms. The van der Waals surface area contributed by atoms with Gasteiger partial charge in [-0.1, -0.05) is 0 Å². The van der Waals surface area contributed by atoms with Gasteiger partial charge in [-0.25, -0.2) is 8.42 Å². The predicted octanol–water partition coefficient (Wildman–Crippen LogP) is 1.27. The van der Waals surface area contributed by atoms with E-state index in [-0.39, 0.29) is 16.6 Å². The van der Waals surface area contributed by atoms with Gasteiger partial charge in [0, 0.05) is 24.1 Å². The Balaban J connectivity index is 2.42. The van der Waals surface area contributed by atoms with E-state index >= 15 is 0 Å². The summed E-state index contributed by atoms with van der Waals surface area (Å²) in [5.41, 5.74) is 6.26. The van der Waals surface area contributed by atoms with Gasteiger partial charge in [0.25, 0.3) is 0 Å². The third kappa shape index (κ3) is 2.71. The average molecular weight is 297 g/mol. The van der Waals surface area contributed by atoms with Gasteiger partial charge in [0.15, 0.2) is 0 Å². The molecule has 0 amide bonds. The monoisotopic (exact) mass is 297 g/mol. The number of thioether (sulfide) groups is 1. The highest BCUT2D eigenvalue weighted by atomic mass is 32.2. The zero-order valence-corrected chi connectivity index (χ0v) is 12.2. The normalized spacial score (nSPS) is 20.9. The van der Waals surface area contributed by atoms with E-state index in [2.05, 4.69) is 0 Å². The van der Waals surface area contributed by atoms with Crippen LogP contribution in [0.25, 0.3) is 0 Å². The van der Waals surface area contributed by atoms with Gasteiger partial charge in [0.2, 0.25) is 10.0 Å². The SMILES string of the molecule is CC1CSCCN1S(=O)(=O)c1ccc(C#N)cc1N. The highest BCUT2D eigenvalue weighted by Gasteiger charge is 2.32. The zero-order valence-electron chi connectivity index (χ0n) is 10.5. The van der Waals surface area contributed by atoms with Crippen molar-refractivity contribution in [2.75, 3.05) is 23.8 Å². The lowest BCUT2D eigenvalue weighted by Crippen LogP contribution is -2.44. The molecule has 5 nitrogen and oxygen atoms in total. The Bertz CT molecular complexity index is 622. The highest BCUT2D eigenvalue weighted by Crippen LogP contribution is 2.28. The molecule has 1 saturated heterocycles. The molecule has 0 saturated carbocycles. The smallest absolute Gasteiger partial charge is 0.245 e. The van der Waals surface area contributed by atoms with E-state index in [9.17, 15) is 8.42 Å². The molecule has 0 radical (unpaired) electrons. The molecule has 1 aliphatic rings. The van der Waals surface area contributed by atoms with E-state index < -0.39 is 10.0 Å². The molecule has 7 heteroatoms. The summed E-state index contributed by atoms with van der Waals surface area (Å²) in [7, 11) is -3.58. The Labute approximate surface area is 117 Å². The molecule has 0 spiro atoms. The van der Waals surface area contributed by atoms with Crippen molar-refractivity contribution in [1.29, 1.82) is 5.26 Å². The van der Waals surface area contributed by atoms with Crippen LogP contribution in [0.4, 0.5) is 5.69 Å². The van der Waals surface area contributed by atoms with Gasteiger partial charge in [0.1, 0.15) is 4.90 Å². The number of nitrogens with zero attached hydrogens (tertiary/aromatic N) is 2. The number of nitrogens with two attached hydrogens (primary N) is 1. The molecule has 1 unspecified atom stereocenters. The van der Waals surface area contributed by atoms with Crippen LogP contribution in [0.1, 0.15) is 12.5 Å². The number of rotatable bonds is 2. The van der Waals surface area contributed by atoms with Crippen LogP contribution in [-0.4, -0.2) is 36.8 Å². The number of nitriles is 1. The topological polar surface area (TPSA) is 87.2 Å². The maximum atomic E-state index is 12.6. The molecule has 1 fully saturated rings. The minimum absolute atomic E-state index is 0.0428. The Kier molecular flexibility index (Phi) is 4.04. The van der Waals surface area contributed by atoms with Gasteiger partial charge >= 0.3 is 0 Å². The second-order valence-electron chi connectivity index (χ2n) is 4.40. The van der Waals surface area contributed by atoms with Gasteiger partial charge < -0.3 is 5.73 Å². The predicted molar refractivity (Wildman–Crippen MR) is 76.2 cm³/mol. The summed E-state index contributed by atoms with van der Waals surface area (Å²) in [6, 6.07) is 6.19. The molecule has 0 bridgehead atoms. The summed E-state index contributed by atoms with van der Waals surface area (Å²) in [4.78, 5) is 0.0882. The maximum Gasteiger partial charge on any atom is 0.245 e. The zero-order chi connectivity index (χ0) is 14.0. The second kappa shape index (κ2) is 5.41. The Morgan fingerprint density at radius 1 is 1.53 bits per heavy atom. The molecule has 0 aromatic heterocycles. The molecule has 1 aromatic carbocycles. The van der Waals surface area contributed by atoms with Crippen molar-refractivity contribution >= 4 is 27.5 Å². The lowest BCUT2D eigenvalue weighted by atomic mass is 10.2. The van der Waals surface area contributed by atoms with Crippen LogP contribution >= 0.6 is 11.8 Å². The Hall–Kier alpha value is -1.23. The van der Waals surface area contributed by atoms with Crippen LogP contribution in [0.3, 0.4) is 0 Å². The largest absolute Gasteiger partial charge is 0.398 e. The summed E-state index contributed by atoms with van der Waals surface area (Å²) in [5.74, 6) is 1.58. The van der Waals surface area contributed by atoms with Crippen molar-refractivity contribution in [2.45, 2.75) is 17.9 Å². The number of sulfonamides is 1. The summed E-state index contributed by atoms with van der Waals surface area (Å²) in [5, 5.41) is 8.78. The van der Waals surface area contributed by atoms with E-state index in [1.165, 1.54) is 22.5 Å². The van der Waals surface area contributed by atoms with Crippen LogP contribution in [0.2, 0.25) is 0 Å². The Morgan fingerprint density at radius 3 is 2.84 bits per heavy atom. The molecule has 1 heterocycles. The van der Waals surface area contributed by atoms with E-state index in [0.717, 1.165) is 11.5 Å². The van der Waals surface area contributed by atoms with Gasteiger partial charge in [-0.2, -0.15) is 21.3 Å². The average Bonchev–Trinajstić information content (AvgIpc) is 2.38. The van der Waals surface area contributed by atoms with E-state index in [1.54, 1.807) is 11.8 Å². The summed E-state index contributed by atoms with van der Waals surface area (Å²) in [6.07, 6.45) is 0. The molecule has 1 aliphatic heterocycles. The van der Waals surface area contributed by atoms with Gasteiger partial charge in [-0.15, -0.1) is 0 Å². The molecule has 2 rings (SSSR count). The highest BCUT2D eigenvalue weighted by molar-refractivity contribution is 7.99. The number of benzene rings is 1. The molecule has 0 aliphatic carbocycles. The number of hydrogen-bond acceptors (Lipinski definition) is 5. The molecule has 102 valence electrons. The fourth-order valence-corrected chi connectivity index (χ4v) is 5.00. The first kappa shape index (κ1) is 14.2. The third-order valence-corrected chi connectivity index (χ3v) is 6.31. The summed E-state index contributed by atoms with van der Waals surface area (Å²) in [6.45, 7) is 2.39. The first-order chi connectivity index (χ1) is 8.96. The standard InChI is InChI=1S/C12H15N3O2S2/c1-9-8-18-5-4-15(9)19(16,17)12-3-2-10(7-13)6-11(12)14/h2-3,6,9H,4-5,8,14H2,1H3. The quantitative estimate of drug-likeness (QED) is 0.831. The lowest BCUT2D eigenvalue weighted by molar-refractivity contribution is 0.368. The van der Waals surface area contributed by atoms with Crippen LogP contribution in [0.15, 0.2) is 23.1 Å². The minimum atomic E-state index is -3.58. The minimum Gasteiger partial charge on any atom is -0.398 e. The van der Waals surface area contributed by atoms with Crippen LogP contribution < -0.4 is 5.73 Å². The van der Waals surface area contributed by atoms with Crippen molar-refractivity contribution in [3.8, 4) is 6.07 Å². The molecule has 2 N–H and O–H groups in total. The summed E-state index contributed by atoms with van der Waals surface area (Å²) < 4.78 is 26.6. The van der Waals surface area contributed by atoms with E-state index in [4.69, 9.17) is 11.0 Å². The number of hydrogen-bond donors (Lipinski definition) is 1. The van der Waals surface area contributed by atoms with Gasteiger partial charge in [-0.05, 0) is 25.1 Å². The second-order valence-corrected chi connectivity index (χ2v) is 7.41. The number of anilines is 1. The summed E-state index contributed by atoms with van der Waals surface area (Å²) >= 11 is 1.75. The molecule has 1 aromatic rings. The van der Waals surface area contributed by atoms with E-state index in [1.807, 2.05) is 13.0 Å². The first-order valence-corrected chi connectivity index (χ1v) is 8.45. The van der Waals surface area contributed by atoms with Crippen molar-refractivity contribution in [3.05, 3.63) is 23.8 Å². The van der Waals surface area contributed by atoms with Crippen molar-refractivity contribution < 1.29 is 8.42 Å². The Morgan fingerprint density at radius 2 is 2.26 bits per heavy atom. The van der Waals surface area contributed by atoms with Crippen LogP contribution in [0, 0.1) is 11.3 Å². The molecular formula is C12H15N3O2S2. The molecular weight excluding hydrogens is 282 g/mol. The van der Waals surface area contributed by atoms with Crippen molar-refractivity contribution in [1.82, 2.24) is 4.31 Å². The van der Waals surface area contributed by atoms with Gasteiger partial charge in [-0.3, -0.25) is 0 Å². The van der Waals surface area contributed by atoms with Crippen LogP contribution in [0.5, 0.6) is 0 Å². The molecule has 1 atom stereocenters.